The Labute approximate surface area is 87.8 Å². The van der Waals surface area contributed by atoms with Crippen LogP contribution in [0.5, 0.6) is 0 Å². The van der Waals surface area contributed by atoms with Crippen molar-refractivity contribution in [1.29, 1.82) is 0 Å². The Morgan fingerprint density at radius 1 is 0.500 bits per heavy atom. The molecule has 2 N–H and O–H groups in total. The molecule has 0 heterocycles. The molecule has 0 radical (unpaired) electrons. The first kappa shape index (κ1) is 10.4. The van der Waals surface area contributed by atoms with Crippen molar-refractivity contribution in [3.63, 3.8) is 0 Å². The Balaban J connectivity index is 1.60. The van der Waals surface area contributed by atoms with E-state index in [0.717, 1.165) is 12.1 Å². The van der Waals surface area contributed by atoms with Crippen LogP contribution in [-0.4, -0.2) is 12.1 Å². The highest BCUT2D eigenvalue weighted by Crippen LogP contribution is 2.19. The van der Waals surface area contributed by atoms with Crippen LogP contribution in [0.1, 0.15) is 64.2 Å². The van der Waals surface area contributed by atoms with E-state index < -0.39 is 0 Å². The second kappa shape index (κ2) is 5.72. The number of hydrazine groups is 1. The van der Waals surface area contributed by atoms with Crippen LogP contribution in [0.3, 0.4) is 0 Å². The van der Waals surface area contributed by atoms with Gasteiger partial charge in [0.2, 0.25) is 0 Å². The summed E-state index contributed by atoms with van der Waals surface area (Å²) in [6.07, 6.45) is 14.1. The molecule has 0 atom stereocenters. The minimum absolute atomic E-state index is 0.755. The van der Waals surface area contributed by atoms with Gasteiger partial charge in [-0.05, 0) is 25.7 Å². The Kier molecular flexibility index (Phi) is 4.26. The zero-order valence-electron chi connectivity index (χ0n) is 9.23. The van der Waals surface area contributed by atoms with Crippen molar-refractivity contribution in [2.24, 2.45) is 0 Å². The minimum Gasteiger partial charge on any atom is -0.255 e. The minimum atomic E-state index is 0.755. The van der Waals surface area contributed by atoms with Crippen LogP contribution in [0.4, 0.5) is 0 Å². The van der Waals surface area contributed by atoms with Crippen molar-refractivity contribution in [1.82, 2.24) is 10.9 Å². The van der Waals surface area contributed by atoms with Gasteiger partial charge in [-0.1, -0.05) is 38.5 Å². The van der Waals surface area contributed by atoms with Gasteiger partial charge >= 0.3 is 0 Å². The Hall–Kier alpha value is -0.0800. The van der Waals surface area contributed by atoms with E-state index in [1.54, 1.807) is 0 Å². The molecule has 0 bridgehead atoms. The van der Waals surface area contributed by atoms with Crippen molar-refractivity contribution < 1.29 is 0 Å². The van der Waals surface area contributed by atoms with E-state index in [0.29, 0.717) is 0 Å². The molecule has 0 unspecified atom stereocenters. The number of rotatable bonds is 3. The largest absolute Gasteiger partial charge is 0.255 e. The lowest BCUT2D eigenvalue weighted by Gasteiger charge is -2.28. The molecule has 2 fully saturated rings. The van der Waals surface area contributed by atoms with Gasteiger partial charge in [-0.25, -0.2) is 0 Å². The van der Waals surface area contributed by atoms with E-state index in [-0.39, 0.29) is 0 Å². The van der Waals surface area contributed by atoms with E-state index in [9.17, 15) is 0 Å². The van der Waals surface area contributed by atoms with Crippen molar-refractivity contribution in [3.05, 3.63) is 0 Å². The van der Waals surface area contributed by atoms with Gasteiger partial charge in [0.1, 0.15) is 0 Å². The van der Waals surface area contributed by atoms with Gasteiger partial charge in [0, 0.05) is 12.1 Å². The van der Waals surface area contributed by atoms with Crippen molar-refractivity contribution >= 4 is 0 Å². The van der Waals surface area contributed by atoms with E-state index in [1.807, 2.05) is 0 Å². The number of nitrogens with one attached hydrogen (secondary N) is 2. The molecule has 2 rings (SSSR count). The van der Waals surface area contributed by atoms with Gasteiger partial charge < -0.3 is 0 Å². The van der Waals surface area contributed by atoms with Gasteiger partial charge in [-0.3, -0.25) is 10.9 Å². The zero-order valence-corrected chi connectivity index (χ0v) is 9.23. The summed E-state index contributed by atoms with van der Waals surface area (Å²) in [5.41, 5.74) is 7.08. The molecule has 2 heteroatoms. The summed E-state index contributed by atoms with van der Waals surface area (Å²) in [6.45, 7) is 0. The zero-order chi connectivity index (χ0) is 9.64. The van der Waals surface area contributed by atoms with Crippen LogP contribution in [0.25, 0.3) is 0 Å². The lowest BCUT2D eigenvalue weighted by molar-refractivity contribution is 0.273. The highest BCUT2D eigenvalue weighted by molar-refractivity contribution is 4.74. The third kappa shape index (κ3) is 3.25. The number of hydrogen-bond donors (Lipinski definition) is 2. The first-order valence-electron chi connectivity index (χ1n) is 6.46. The quantitative estimate of drug-likeness (QED) is 0.678. The standard InChI is InChI=1S/C12H24N2/c1-3-7-11(8-4-1)13-14-12-9-5-2-6-10-12/h11-14H,1-10H2. The van der Waals surface area contributed by atoms with Crippen LogP contribution in [-0.2, 0) is 0 Å². The molecular formula is C12H24N2. The molecule has 0 aromatic rings. The second-order valence-corrected chi connectivity index (χ2v) is 4.96. The normalized spacial score (nSPS) is 26.6. The van der Waals surface area contributed by atoms with Crippen molar-refractivity contribution in [3.8, 4) is 0 Å². The second-order valence-electron chi connectivity index (χ2n) is 4.96. The van der Waals surface area contributed by atoms with Crippen LogP contribution in [0.2, 0.25) is 0 Å². The predicted octanol–water partition coefficient (Wildman–Crippen LogP) is 2.75. The van der Waals surface area contributed by atoms with Gasteiger partial charge in [0.05, 0.1) is 0 Å². The molecule has 0 aliphatic heterocycles. The lowest BCUT2D eigenvalue weighted by Crippen LogP contribution is -2.47. The van der Waals surface area contributed by atoms with Gasteiger partial charge in [0.25, 0.3) is 0 Å². The summed E-state index contributed by atoms with van der Waals surface area (Å²) in [4.78, 5) is 0. The van der Waals surface area contributed by atoms with Gasteiger partial charge in [0.15, 0.2) is 0 Å². The molecule has 14 heavy (non-hydrogen) atoms. The van der Waals surface area contributed by atoms with Gasteiger partial charge in [-0.15, -0.1) is 0 Å². The van der Waals surface area contributed by atoms with E-state index >= 15 is 0 Å². The predicted molar refractivity (Wildman–Crippen MR) is 60.0 cm³/mol. The maximum atomic E-state index is 3.54. The molecule has 0 saturated heterocycles. The summed E-state index contributed by atoms with van der Waals surface area (Å²) < 4.78 is 0. The van der Waals surface area contributed by atoms with Crippen LogP contribution in [0.15, 0.2) is 0 Å². The Morgan fingerprint density at radius 3 is 1.21 bits per heavy atom. The van der Waals surface area contributed by atoms with Gasteiger partial charge in [-0.2, -0.15) is 0 Å². The summed E-state index contributed by atoms with van der Waals surface area (Å²) in [5, 5.41) is 0. The van der Waals surface area contributed by atoms with E-state index in [1.165, 1.54) is 64.2 Å². The summed E-state index contributed by atoms with van der Waals surface area (Å²) in [7, 11) is 0. The summed E-state index contributed by atoms with van der Waals surface area (Å²) >= 11 is 0. The maximum Gasteiger partial charge on any atom is 0.0213 e. The van der Waals surface area contributed by atoms with Crippen LogP contribution < -0.4 is 10.9 Å². The fourth-order valence-electron chi connectivity index (χ4n) is 2.73. The summed E-state index contributed by atoms with van der Waals surface area (Å²) in [5.74, 6) is 0. The molecular weight excluding hydrogens is 172 g/mol. The molecule has 82 valence electrons. The average Bonchev–Trinajstić information content (AvgIpc) is 2.29. The molecule has 0 aromatic carbocycles. The Bertz CT molecular complexity index is 128. The topological polar surface area (TPSA) is 24.1 Å². The van der Waals surface area contributed by atoms with Crippen molar-refractivity contribution in [2.75, 3.05) is 0 Å². The molecule has 2 saturated carbocycles. The molecule has 2 aliphatic carbocycles. The Morgan fingerprint density at radius 2 is 0.857 bits per heavy atom. The molecule has 0 spiro atoms. The highest BCUT2D eigenvalue weighted by atomic mass is 15.4. The van der Waals surface area contributed by atoms with E-state index in [2.05, 4.69) is 10.9 Å². The highest BCUT2D eigenvalue weighted by Gasteiger charge is 2.16. The first-order valence-corrected chi connectivity index (χ1v) is 6.46. The average molecular weight is 196 g/mol. The molecule has 0 aromatic heterocycles. The SMILES string of the molecule is C1CCC(NNC2CCCCC2)CC1. The van der Waals surface area contributed by atoms with Crippen LogP contribution in [0, 0.1) is 0 Å². The monoisotopic (exact) mass is 196 g/mol. The van der Waals surface area contributed by atoms with Crippen LogP contribution >= 0.6 is 0 Å². The fourth-order valence-corrected chi connectivity index (χ4v) is 2.73. The fraction of sp³-hybridized carbons (Fsp3) is 1.00. The van der Waals surface area contributed by atoms with Crippen molar-refractivity contribution in [2.45, 2.75) is 76.3 Å². The molecule has 2 aliphatic rings. The maximum absolute atomic E-state index is 3.54. The molecule has 2 nitrogen and oxygen atoms in total. The molecule has 0 amide bonds. The number of hydrogen-bond acceptors (Lipinski definition) is 2. The third-order valence-corrected chi connectivity index (χ3v) is 3.70. The van der Waals surface area contributed by atoms with E-state index in [4.69, 9.17) is 0 Å². The first-order chi connectivity index (χ1) is 6.95. The third-order valence-electron chi connectivity index (χ3n) is 3.70. The smallest absolute Gasteiger partial charge is 0.0213 e. The summed E-state index contributed by atoms with van der Waals surface area (Å²) in [6, 6.07) is 1.51. The lowest BCUT2D eigenvalue weighted by atomic mass is 9.95.